The Hall–Kier alpha value is -3.06. The Morgan fingerprint density at radius 3 is 2.62 bits per heavy atom. The summed E-state index contributed by atoms with van der Waals surface area (Å²) in [7, 11) is 2.90. The molecule has 0 bridgehead atoms. The summed E-state index contributed by atoms with van der Waals surface area (Å²) in [6.07, 6.45) is 2.79. The second kappa shape index (κ2) is 9.93. The molecule has 0 aliphatic carbocycles. The second-order valence-corrected chi connectivity index (χ2v) is 6.52. The Bertz CT molecular complexity index is 933. The van der Waals surface area contributed by atoms with Gasteiger partial charge in [0.1, 0.15) is 11.9 Å². The van der Waals surface area contributed by atoms with E-state index in [0.717, 1.165) is 4.90 Å². The van der Waals surface area contributed by atoms with Crippen molar-refractivity contribution in [3.8, 4) is 11.5 Å². The van der Waals surface area contributed by atoms with Gasteiger partial charge in [-0.25, -0.2) is 4.39 Å². The van der Waals surface area contributed by atoms with Crippen molar-refractivity contribution in [3.63, 3.8) is 0 Å². The molecule has 2 amide bonds. The molecule has 0 saturated carbocycles. The van der Waals surface area contributed by atoms with Crippen molar-refractivity contribution in [2.45, 2.75) is 13.0 Å². The monoisotopic (exact) mass is 420 g/mol. The molecule has 1 unspecified atom stereocenters. The van der Waals surface area contributed by atoms with Gasteiger partial charge in [0.2, 0.25) is 11.8 Å². The SMILES string of the molecule is CCOc1cc(/C=C/C(=O)N(C)C(C(N)=O)c2cccc(F)c2)cc(Cl)c1OC. The van der Waals surface area contributed by atoms with Gasteiger partial charge in [-0.1, -0.05) is 23.7 Å². The summed E-state index contributed by atoms with van der Waals surface area (Å²) in [6.45, 7) is 2.24. The molecule has 1 atom stereocenters. The van der Waals surface area contributed by atoms with Gasteiger partial charge in [0.05, 0.1) is 18.7 Å². The van der Waals surface area contributed by atoms with Gasteiger partial charge in [0.25, 0.3) is 0 Å². The van der Waals surface area contributed by atoms with Gasteiger partial charge in [-0.05, 0) is 48.4 Å². The number of nitrogens with zero attached hydrogens (tertiary/aromatic N) is 1. The number of carbonyl (C=O) groups is 2. The molecule has 0 heterocycles. The van der Waals surface area contributed by atoms with E-state index in [-0.39, 0.29) is 5.56 Å². The average Bonchev–Trinajstić information content (AvgIpc) is 2.66. The summed E-state index contributed by atoms with van der Waals surface area (Å²) in [6, 6.07) is 7.57. The van der Waals surface area contributed by atoms with Crippen LogP contribution in [0.5, 0.6) is 11.5 Å². The minimum Gasteiger partial charge on any atom is -0.491 e. The van der Waals surface area contributed by atoms with E-state index in [1.54, 1.807) is 12.1 Å². The Labute approximate surface area is 173 Å². The molecule has 2 aromatic carbocycles. The van der Waals surface area contributed by atoms with Crippen molar-refractivity contribution in [1.82, 2.24) is 4.90 Å². The quantitative estimate of drug-likeness (QED) is 0.662. The highest BCUT2D eigenvalue weighted by atomic mass is 35.5. The number of amides is 2. The number of ether oxygens (including phenoxy) is 2. The van der Waals surface area contributed by atoms with Gasteiger partial charge in [-0.3, -0.25) is 9.59 Å². The zero-order chi connectivity index (χ0) is 21.6. The molecule has 0 aliphatic rings. The fourth-order valence-corrected chi connectivity index (χ4v) is 3.11. The number of rotatable bonds is 8. The van der Waals surface area contributed by atoms with E-state index in [0.29, 0.717) is 28.7 Å². The van der Waals surface area contributed by atoms with E-state index in [4.69, 9.17) is 26.8 Å². The summed E-state index contributed by atoms with van der Waals surface area (Å²) < 4.78 is 24.3. The lowest BCUT2D eigenvalue weighted by molar-refractivity contribution is -0.134. The summed E-state index contributed by atoms with van der Waals surface area (Å²) in [4.78, 5) is 25.6. The number of primary amides is 1. The molecule has 8 heteroatoms. The Kier molecular flexibility index (Phi) is 7.61. The molecule has 29 heavy (non-hydrogen) atoms. The van der Waals surface area contributed by atoms with Crippen molar-refractivity contribution >= 4 is 29.5 Å². The number of benzene rings is 2. The third kappa shape index (κ3) is 5.48. The van der Waals surface area contributed by atoms with E-state index in [2.05, 4.69) is 0 Å². The van der Waals surface area contributed by atoms with Crippen molar-refractivity contribution in [3.05, 3.63) is 64.4 Å². The van der Waals surface area contributed by atoms with Gasteiger partial charge in [0, 0.05) is 13.1 Å². The maximum absolute atomic E-state index is 13.5. The first-order valence-corrected chi connectivity index (χ1v) is 9.16. The molecule has 0 spiro atoms. The largest absolute Gasteiger partial charge is 0.491 e. The summed E-state index contributed by atoms with van der Waals surface area (Å²) in [5.74, 6) is -0.956. The van der Waals surface area contributed by atoms with Gasteiger partial charge < -0.3 is 20.1 Å². The molecule has 0 radical (unpaired) electrons. The maximum Gasteiger partial charge on any atom is 0.247 e. The van der Waals surface area contributed by atoms with Crippen LogP contribution in [0.4, 0.5) is 4.39 Å². The fraction of sp³-hybridized carbons (Fsp3) is 0.238. The van der Waals surface area contributed by atoms with E-state index in [1.807, 2.05) is 6.92 Å². The molecule has 154 valence electrons. The molecule has 6 nitrogen and oxygen atoms in total. The van der Waals surface area contributed by atoms with Crippen LogP contribution < -0.4 is 15.2 Å². The predicted molar refractivity (Wildman–Crippen MR) is 109 cm³/mol. The summed E-state index contributed by atoms with van der Waals surface area (Å²) in [5.41, 5.74) is 6.33. The molecule has 0 aliphatic heterocycles. The predicted octanol–water partition coefficient (Wildman–Crippen LogP) is 3.58. The Morgan fingerprint density at radius 2 is 2.03 bits per heavy atom. The molecular formula is C21H22ClFN2O4. The normalized spacial score (nSPS) is 11.9. The van der Waals surface area contributed by atoms with Gasteiger partial charge >= 0.3 is 0 Å². The number of likely N-dealkylation sites (N-methyl/N-ethyl adjacent to an activating group) is 1. The van der Waals surface area contributed by atoms with Crippen molar-refractivity contribution in [2.75, 3.05) is 20.8 Å². The topological polar surface area (TPSA) is 81.9 Å². The van der Waals surface area contributed by atoms with Crippen LogP contribution in [-0.2, 0) is 9.59 Å². The Balaban J connectivity index is 2.28. The second-order valence-electron chi connectivity index (χ2n) is 6.11. The molecule has 0 aromatic heterocycles. The van der Waals surface area contributed by atoms with E-state index in [1.165, 1.54) is 50.6 Å². The molecule has 2 N–H and O–H groups in total. The van der Waals surface area contributed by atoms with Crippen molar-refractivity contribution in [2.24, 2.45) is 5.73 Å². The average molecular weight is 421 g/mol. The maximum atomic E-state index is 13.5. The zero-order valence-electron chi connectivity index (χ0n) is 16.3. The van der Waals surface area contributed by atoms with Crippen LogP contribution in [0.3, 0.4) is 0 Å². The molecule has 2 rings (SSSR count). The van der Waals surface area contributed by atoms with Crippen molar-refractivity contribution < 1.29 is 23.5 Å². The van der Waals surface area contributed by atoms with Gasteiger partial charge in [-0.15, -0.1) is 0 Å². The molecular weight excluding hydrogens is 399 g/mol. The van der Waals surface area contributed by atoms with Crippen LogP contribution in [0.25, 0.3) is 6.08 Å². The number of nitrogens with two attached hydrogens (primary N) is 1. The number of halogens is 2. The van der Waals surface area contributed by atoms with Crippen LogP contribution in [0, 0.1) is 5.82 Å². The Morgan fingerprint density at radius 1 is 1.31 bits per heavy atom. The minimum atomic E-state index is -1.11. The number of methoxy groups -OCH3 is 1. The number of hydrogen-bond acceptors (Lipinski definition) is 4. The molecule has 0 fully saturated rings. The van der Waals surface area contributed by atoms with E-state index < -0.39 is 23.7 Å². The van der Waals surface area contributed by atoms with Crippen molar-refractivity contribution in [1.29, 1.82) is 0 Å². The molecule has 2 aromatic rings. The van der Waals surface area contributed by atoms with Crippen LogP contribution in [0.2, 0.25) is 5.02 Å². The minimum absolute atomic E-state index is 0.285. The van der Waals surface area contributed by atoms with Gasteiger partial charge in [0.15, 0.2) is 11.5 Å². The first-order chi connectivity index (χ1) is 13.8. The number of carbonyl (C=O) groups excluding carboxylic acids is 2. The smallest absolute Gasteiger partial charge is 0.247 e. The first kappa shape index (κ1) is 22.2. The van der Waals surface area contributed by atoms with Crippen LogP contribution >= 0.6 is 11.6 Å². The van der Waals surface area contributed by atoms with E-state index in [9.17, 15) is 14.0 Å². The van der Waals surface area contributed by atoms with Gasteiger partial charge in [-0.2, -0.15) is 0 Å². The van der Waals surface area contributed by atoms with Crippen LogP contribution in [0.15, 0.2) is 42.5 Å². The lowest BCUT2D eigenvalue weighted by atomic mass is 10.0. The lowest BCUT2D eigenvalue weighted by Crippen LogP contribution is -2.38. The number of hydrogen-bond donors (Lipinski definition) is 1. The third-order valence-corrected chi connectivity index (χ3v) is 4.40. The van der Waals surface area contributed by atoms with Crippen LogP contribution in [-0.4, -0.2) is 37.5 Å². The summed E-state index contributed by atoms with van der Waals surface area (Å²) >= 11 is 6.20. The molecule has 0 saturated heterocycles. The van der Waals surface area contributed by atoms with E-state index >= 15 is 0 Å². The lowest BCUT2D eigenvalue weighted by Gasteiger charge is -2.25. The third-order valence-electron chi connectivity index (χ3n) is 4.12. The highest BCUT2D eigenvalue weighted by Gasteiger charge is 2.26. The highest BCUT2D eigenvalue weighted by Crippen LogP contribution is 2.36. The first-order valence-electron chi connectivity index (χ1n) is 8.78. The highest BCUT2D eigenvalue weighted by molar-refractivity contribution is 6.32. The standard InChI is InChI=1S/C21H22ClFN2O4/c1-4-29-17-11-13(10-16(22)20(17)28-3)8-9-18(26)25(2)19(21(24)27)14-6-5-7-15(23)12-14/h5-12,19H,4H2,1-3H3,(H2,24,27)/b9-8+. The fourth-order valence-electron chi connectivity index (χ4n) is 2.81. The zero-order valence-corrected chi connectivity index (χ0v) is 17.1. The summed E-state index contributed by atoms with van der Waals surface area (Å²) in [5, 5.41) is 0.327. The van der Waals surface area contributed by atoms with Crippen LogP contribution in [0.1, 0.15) is 24.1 Å².